The van der Waals surface area contributed by atoms with E-state index in [0.29, 0.717) is 29.9 Å². The molecule has 0 aliphatic heterocycles. The fourth-order valence-electron chi connectivity index (χ4n) is 2.03. The summed E-state index contributed by atoms with van der Waals surface area (Å²) in [6, 6.07) is 5.54. The number of thioether (sulfide) groups is 1. The predicted molar refractivity (Wildman–Crippen MR) is 84.2 cm³/mol. The Hall–Kier alpha value is -1.24. The lowest BCUT2D eigenvalue weighted by Crippen LogP contribution is -2.06. The summed E-state index contributed by atoms with van der Waals surface area (Å²) < 4.78 is 7.32. The maximum Gasteiger partial charge on any atom is 0.313 e. The van der Waals surface area contributed by atoms with Gasteiger partial charge in [0.2, 0.25) is 0 Å². The highest BCUT2D eigenvalue weighted by Crippen LogP contribution is 2.29. The molecule has 0 saturated carbocycles. The van der Waals surface area contributed by atoms with Crippen LogP contribution in [-0.2, 0) is 16.1 Å². The van der Waals surface area contributed by atoms with E-state index in [1.807, 2.05) is 29.7 Å². The van der Waals surface area contributed by atoms with Crippen LogP contribution in [0.25, 0.3) is 11.0 Å². The first-order valence-corrected chi connectivity index (χ1v) is 8.07. The molecule has 114 valence electrons. The lowest BCUT2D eigenvalue weighted by molar-refractivity contribution is -0.133. The minimum absolute atomic E-state index is 0.0214. The summed E-state index contributed by atoms with van der Waals surface area (Å²) in [6.45, 7) is 4.00. The first kappa shape index (κ1) is 16.1. The molecule has 1 N–H and O–H groups in total. The molecule has 0 fully saturated rings. The largest absolute Gasteiger partial charge is 0.481 e. The average Bonchev–Trinajstić information content (AvgIpc) is 2.80. The SMILES string of the molecule is CCOCCCn1c(SCC(=O)O)nc2cccc(Cl)c21. The van der Waals surface area contributed by atoms with Gasteiger partial charge in [-0.1, -0.05) is 29.4 Å². The average molecular weight is 329 g/mol. The number of halogens is 1. The summed E-state index contributed by atoms with van der Waals surface area (Å²) >= 11 is 7.47. The first-order valence-electron chi connectivity index (χ1n) is 6.70. The van der Waals surface area contributed by atoms with Gasteiger partial charge in [-0.05, 0) is 25.5 Å². The van der Waals surface area contributed by atoms with Crippen molar-refractivity contribution in [3.63, 3.8) is 0 Å². The number of carboxylic acid groups (broad SMARTS) is 1. The van der Waals surface area contributed by atoms with E-state index < -0.39 is 5.97 Å². The van der Waals surface area contributed by atoms with E-state index in [4.69, 9.17) is 21.4 Å². The quantitative estimate of drug-likeness (QED) is 0.595. The molecule has 7 heteroatoms. The molecule has 2 rings (SSSR count). The van der Waals surface area contributed by atoms with Crippen molar-refractivity contribution in [2.24, 2.45) is 0 Å². The van der Waals surface area contributed by atoms with Crippen LogP contribution in [0, 0.1) is 0 Å². The van der Waals surface area contributed by atoms with Gasteiger partial charge in [0, 0.05) is 19.8 Å². The normalized spacial score (nSPS) is 11.1. The fraction of sp³-hybridized carbons (Fsp3) is 0.429. The van der Waals surface area contributed by atoms with Crippen LogP contribution in [-0.4, -0.2) is 39.6 Å². The maximum absolute atomic E-state index is 10.8. The molecular weight excluding hydrogens is 312 g/mol. The lowest BCUT2D eigenvalue weighted by Gasteiger charge is -2.09. The number of para-hydroxylation sites is 1. The summed E-state index contributed by atoms with van der Waals surface area (Å²) in [4.78, 5) is 15.2. The van der Waals surface area contributed by atoms with Crippen LogP contribution in [0.2, 0.25) is 5.02 Å². The highest BCUT2D eigenvalue weighted by molar-refractivity contribution is 7.99. The molecule has 5 nitrogen and oxygen atoms in total. The number of aromatic nitrogens is 2. The molecule has 0 atom stereocenters. The van der Waals surface area contributed by atoms with Gasteiger partial charge in [-0.25, -0.2) is 4.98 Å². The highest BCUT2D eigenvalue weighted by Gasteiger charge is 2.14. The van der Waals surface area contributed by atoms with Gasteiger partial charge in [-0.15, -0.1) is 0 Å². The van der Waals surface area contributed by atoms with Crippen molar-refractivity contribution in [1.29, 1.82) is 0 Å². The molecule has 0 radical (unpaired) electrons. The molecule has 0 bridgehead atoms. The van der Waals surface area contributed by atoms with Gasteiger partial charge in [-0.2, -0.15) is 0 Å². The van der Waals surface area contributed by atoms with Crippen LogP contribution in [0.4, 0.5) is 0 Å². The van der Waals surface area contributed by atoms with Crippen molar-refractivity contribution in [2.45, 2.75) is 25.0 Å². The summed E-state index contributed by atoms with van der Waals surface area (Å²) in [5.74, 6) is -0.883. The number of hydrogen-bond donors (Lipinski definition) is 1. The number of aliphatic carboxylic acids is 1. The standard InChI is InChI=1S/C14H17ClN2O3S/c1-2-20-8-4-7-17-13-10(15)5-3-6-11(13)16-14(17)21-9-12(18)19/h3,5-6H,2,4,7-9H2,1H3,(H,18,19). The highest BCUT2D eigenvalue weighted by atomic mass is 35.5. The van der Waals surface area contributed by atoms with Crippen molar-refractivity contribution in [3.05, 3.63) is 23.2 Å². The lowest BCUT2D eigenvalue weighted by atomic mass is 10.3. The van der Waals surface area contributed by atoms with Gasteiger partial charge in [0.25, 0.3) is 0 Å². The van der Waals surface area contributed by atoms with Crippen LogP contribution in [0.1, 0.15) is 13.3 Å². The Morgan fingerprint density at radius 1 is 1.52 bits per heavy atom. The topological polar surface area (TPSA) is 64.3 Å². The van der Waals surface area contributed by atoms with Crippen molar-refractivity contribution >= 4 is 40.4 Å². The number of benzene rings is 1. The van der Waals surface area contributed by atoms with E-state index in [1.165, 1.54) is 11.8 Å². The van der Waals surface area contributed by atoms with Crippen LogP contribution < -0.4 is 0 Å². The number of carboxylic acids is 1. The van der Waals surface area contributed by atoms with E-state index in [0.717, 1.165) is 17.5 Å². The molecular formula is C14H17ClN2O3S. The van der Waals surface area contributed by atoms with E-state index in [-0.39, 0.29) is 5.75 Å². The molecule has 1 aromatic heterocycles. The van der Waals surface area contributed by atoms with E-state index in [1.54, 1.807) is 0 Å². The van der Waals surface area contributed by atoms with Gasteiger partial charge >= 0.3 is 5.97 Å². The van der Waals surface area contributed by atoms with Crippen LogP contribution in [0.5, 0.6) is 0 Å². The van der Waals surface area contributed by atoms with Crippen LogP contribution >= 0.6 is 23.4 Å². The number of carbonyl (C=O) groups is 1. The number of fused-ring (bicyclic) bond motifs is 1. The maximum atomic E-state index is 10.8. The van der Waals surface area contributed by atoms with Crippen molar-refractivity contribution in [2.75, 3.05) is 19.0 Å². The zero-order chi connectivity index (χ0) is 15.2. The zero-order valence-electron chi connectivity index (χ0n) is 11.7. The molecule has 0 unspecified atom stereocenters. The smallest absolute Gasteiger partial charge is 0.313 e. The second-order valence-electron chi connectivity index (χ2n) is 4.39. The van der Waals surface area contributed by atoms with Gasteiger partial charge in [0.1, 0.15) is 0 Å². The van der Waals surface area contributed by atoms with Crippen LogP contribution in [0.3, 0.4) is 0 Å². The minimum Gasteiger partial charge on any atom is -0.481 e. The summed E-state index contributed by atoms with van der Waals surface area (Å²) in [6.07, 6.45) is 0.825. The summed E-state index contributed by atoms with van der Waals surface area (Å²) in [7, 11) is 0. The number of ether oxygens (including phenoxy) is 1. The third-order valence-electron chi connectivity index (χ3n) is 2.88. The monoisotopic (exact) mass is 328 g/mol. The Balaban J connectivity index is 2.27. The Bertz CT molecular complexity index is 630. The first-order chi connectivity index (χ1) is 10.1. The number of nitrogens with zero attached hydrogens (tertiary/aromatic N) is 2. The molecule has 1 heterocycles. The Labute approximate surface area is 132 Å². The molecule has 2 aromatic rings. The Morgan fingerprint density at radius 3 is 3.05 bits per heavy atom. The predicted octanol–water partition coefficient (Wildman–Crippen LogP) is 3.29. The zero-order valence-corrected chi connectivity index (χ0v) is 13.3. The van der Waals surface area contributed by atoms with Gasteiger partial charge in [0.05, 0.1) is 21.8 Å². The number of hydrogen-bond acceptors (Lipinski definition) is 4. The minimum atomic E-state index is -0.862. The van der Waals surface area contributed by atoms with E-state index in [2.05, 4.69) is 4.98 Å². The molecule has 1 aromatic carbocycles. The molecule has 0 aliphatic carbocycles. The van der Waals surface area contributed by atoms with Gasteiger partial charge < -0.3 is 14.4 Å². The fourth-order valence-corrected chi connectivity index (χ4v) is 3.06. The molecule has 0 saturated heterocycles. The second-order valence-corrected chi connectivity index (χ2v) is 5.74. The number of aryl methyl sites for hydroxylation is 1. The Morgan fingerprint density at radius 2 is 2.33 bits per heavy atom. The van der Waals surface area contributed by atoms with E-state index in [9.17, 15) is 4.79 Å². The Kier molecular flexibility index (Phi) is 5.90. The molecule has 0 amide bonds. The number of imidazole rings is 1. The molecule has 0 spiro atoms. The van der Waals surface area contributed by atoms with E-state index >= 15 is 0 Å². The van der Waals surface area contributed by atoms with Crippen LogP contribution in [0.15, 0.2) is 23.4 Å². The van der Waals surface area contributed by atoms with Crippen molar-refractivity contribution < 1.29 is 14.6 Å². The van der Waals surface area contributed by atoms with Gasteiger partial charge in [0.15, 0.2) is 5.16 Å². The van der Waals surface area contributed by atoms with Gasteiger partial charge in [-0.3, -0.25) is 4.79 Å². The number of rotatable bonds is 8. The van der Waals surface area contributed by atoms with Crippen molar-refractivity contribution in [3.8, 4) is 0 Å². The third kappa shape index (κ3) is 4.12. The molecule has 0 aliphatic rings. The second kappa shape index (κ2) is 7.68. The molecule has 21 heavy (non-hydrogen) atoms. The third-order valence-corrected chi connectivity index (χ3v) is 4.15. The van der Waals surface area contributed by atoms with Crippen molar-refractivity contribution in [1.82, 2.24) is 9.55 Å². The summed E-state index contributed by atoms with van der Waals surface area (Å²) in [5.41, 5.74) is 1.63. The summed E-state index contributed by atoms with van der Waals surface area (Å²) in [5, 5.41) is 10.1.